The molecule has 1 N–H and O–H groups in total. The van der Waals surface area contributed by atoms with Gasteiger partial charge in [-0.25, -0.2) is 15.0 Å². The minimum atomic E-state index is -0.308. The maximum atomic E-state index is 13.4. The third-order valence-electron chi connectivity index (χ3n) is 6.08. The summed E-state index contributed by atoms with van der Waals surface area (Å²) in [4.78, 5) is 41.1. The van der Waals surface area contributed by atoms with Gasteiger partial charge < -0.3 is 5.32 Å². The van der Waals surface area contributed by atoms with Crippen LogP contribution in [0, 0.1) is 6.92 Å². The zero-order valence-corrected chi connectivity index (χ0v) is 20.6. The molecule has 0 spiro atoms. The molecule has 0 radical (unpaired) electrons. The van der Waals surface area contributed by atoms with E-state index >= 15 is 0 Å². The number of thiophene rings is 1. The Morgan fingerprint density at radius 2 is 1.91 bits per heavy atom. The molecule has 1 amide bonds. The van der Waals surface area contributed by atoms with Crippen LogP contribution in [0.25, 0.3) is 16.2 Å². The highest BCUT2D eigenvalue weighted by atomic mass is 32.1. The number of amides is 1. The lowest BCUT2D eigenvalue weighted by atomic mass is 9.92. The number of hydrogen-bond donors (Lipinski definition) is 1. The number of nitrogens with zero attached hydrogens (tertiary/aromatic N) is 6. The summed E-state index contributed by atoms with van der Waals surface area (Å²) in [5.41, 5.74) is 1.18. The van der Waals surface area contributed by atoms with Gasteiger partial charge in [0, 0.05) is 36.8 Å². The van der Waals surface area contributed by atoms with Crippen LogP contribution in [0.5, 0.6) is 0 Å². The van der Waals surface area contributed by atoms with Crippen molar-refractivity contribution >= 4 is 33.3 Å². The third kappa shape index (κ3) is 3.91. The van der Waals surface area contributed by atoms with Gasteiger partial charge in [0.1, 0.15) is 16.5 Å². The standard InChI is InChI=1S/C24H27N7O2S/c1-14-18-21(28-16-9-6-5-7-12-30(16)22(18)33)34-19(14)20(32)27-17-13-15(24(2,3)4)29-31(17)23-25-10-8-11-26-23/h8,10-11,13H,5-7,9,12H2,1-4H3,(H,27,32). The van der Waals surface area contributed by atoms with Crippen LogP contribution in [-0.4, -0.2) is 35.2 Å². The fraction of sp³-hybridized carbons (Fsp3) is 0.417. The van der Waals surface area contributed by atoms with Crippen LogP contribution >= 0.6 is 11.3 Å². The van der Waals surface area contributed by atoms with Gasteiger partial charge in [0.15, 0.2) is 0 Å². The van der Waals surface area contributed by atoms with Gasteiger partial charge in [0.2, 0.25) is 0 Å². The molecule has 10 heteroatoms. The molecule has 0 saturated heterocycles. The second-order valence-corrected chi connectivity index (χ2v) is 10.6. The summed E-state index contributed by atoms with van der Waals surface area (Å²) in [6.45, 7) is 8.65. The van der Waals surface area contributed by atoms with Crippen molar-refractivity contribution in [2.24, 2.45) is 0 Å². The van der Waals surface area contributed by atoms with Crippen LogP contribution in [-0.2, 0) is 18.4 Å². The van der Waals surface area contributed by atoms with Crippen molar-refractivity contribution in [3.63, 3.8) is 0 Å². The predicted molar refractivity (Wildman–Crippen MR) is 132 cm³/mol. The molecule has 34 heavy (non-hydrogen) atoms. The van der Waals surface area contributed by atoms with Crippen molar-refractivity contribution < 1.29 is 4.79 Å². The summed E-state index contributed by atoms with van der Waals surface area (Å²) in [5.74, 6) is 1.35. The Hall–Kier alpha value is -3.40. The lowest BCUT2D eigenvalue weighted by molar-refractivity contribution is 0.102. The monoisotopic (exact) mass is 477 g/mol. The molecule has 4 aromatic rings. The van der Waals surface area contributed by atoms with E-state index in [1.165, 1.54) is 16.0 Å². The number of nitrogens with one attached hydrogen (secondary N) is 1. The fourth-order valence-corrected chi connectivity index (χ4v) is 5.27. The van der Waals surface area contributed by atoms with Crippen molar-refractivity contribution in [1.82, 2.24) is 29.3 Å². The first-order valence-corrected chi connectivity index (χ1v) is 12.3. The predicted octanol–water partition coefficient (Wildman–Crippen LogP) is 4.02. The van der Waals surface area contributed by atoms with Crippen molar-refractivity contribution in [1.29, 1.82) is 0 Å². The van der Waals surface area contributed by atoms with Crippen LogP contribution in [0.15, 0.2) is 29.3 Å². The van der Waals surface area contributed by atoms with Gasteiger partial charge in [-0.3, -0.25) is 14.2 Å². The quantitative estimate of drug-likeness (QED) is 0.478. The lowest BCUT2D eigenvalue weighted by Crippen LogP contribution is -2.24. The Kier molecular flexibility index (Phi) is 5.55. The van der Waals surface area contributed by atoms with E-state index in [9.17, 15) is 9.59 Å². The van der Waals surface area contributed by atoms with Gasteiger partial charge in [-0.15, -0.1) is 11.3 Å². The van der Waals surface area contributed by atoms with Crippen LogP contribution in [0.4, 0.5) is 5.82 Å². The molecule has 0 aliphatic carbocycles. The summed E-state index contributed by atoms with van der Waals surface area (Å²) in [7, 11) is 0. The van der Waals surface area contributed by atoms with Crippen molar-refractivity contribution in [2.45, 2.75) is 65.3 Å². The van der Waals surface area contributed by atoms with E-state index in [-0.39, 0.29) is 16.9 Å². The van der Waals surface area contributed by atoms with E-state index in [1.807, 2.05) is 13.0 Å². The number of aryl methyl sites for hydroxylation is 2. The second kappa shape index (κ2) is 8.43. The molecule has 0 saturated carbocycles. The smallest absolute Gasteiger partial charge is 0.267 e. The molecule has 0 unspecified atom stereocenters. The number of hydrogen-bond acceptors (Lipinski definition) is 7. The molecule has 0 atom stereocenters. The second-order valence-electron chi connectivity index (χ2n) is 9.61. The van der Waals surface area contributed by atoms with Crippen molar-refractivity contribution in [2.75, 3.05) is 5.32 Å². The molecule has 5 rings (SSSR count). The molecule has 4 aromatic heterocycles. The van der Waals surface area contributed by atoms with Crippen molar-refractivity contribution in [3.05, 3.63) is 56.8 Å². The summed E-state index contributed by atoms with van der Waals surface area (Å²) in [6, 6.07) is 3.57. The highest BCUT2D eigenvalue weighted by molar-refractivity contribution is 7.20. The number of rotatable bonds is 3. The Morgan fingerprint density at radius 3 is 2.65 bits per heavy atom. The van der Waals surface area contributed by atoms with E-state index in [0.29, 0.717) is 39.0 Å². The summed E-state index contributed by atoms with van der Waals surface area (Å²) < 4.78 is 3.32. The normalized spacial score (nSPS) is 14.1. The highest BCUT2D eigenvalue weighted by Crippen LogP contribution is 2.30. The Morgan fingerprint density at radius 1 is 1.15 bits per heavy atom. The SMILES string of the molecule is Cc1c(C(=O)Nc2cc(C(C)(C)C)nn2-c2ncccn2)sc2nc3n(c(=O)c12)CCCCC3. The molecule has 176 valence electrons. The average molecular weight is 478 g/mol. The lowest BCUT2D eigenvalue weighted by Gasteiger charge is -2.13. The van der Waals surface area contributed by atoms with Gasteiger partial charge in [0.25, 0.3) is 17.4 Å². The highest BCUT2D eigenvalue weighted by Gasteiger charge is 2.25. The average Bonchev–Trinajstić information content (AvgIpc) is 3.27. The van der Waals surface area contributed by atoms with Gasteiger partial charge in [-0.05, 0) is 31.4 Å². The first-order chi connectivity index (χ1) is 16.2. The Labute approximate surface area is 200 Å². The molecule has 1 aliphatic heterocycles. The minimum Gasteiger partial charge on any atom is -0.306 e. The molecule has 1 aliphatic rings. The summed E-state index contributed by atoms with van der Waals surface area (Å²) >= 11 is 1.26. The molecule has 5 heterocycles. The molecule has 0 aromatic carbocycles. The van der Waals surface area contributed by atoms with E-state index < -0.39 is 0 Å². The number of fused-ring (bicyclic) bond motifs is 2. The summed E-state index contributed by atoms with van der Waals surface area (Å²) in [5, 5.41) is 8.17. The largest absolute Gasteiger partial charge is 0.306 e. The van der Waals surface area contributed by atoms with E-state index in [2.05, 4.69) is 41.2 Å². The van der Waals surface area contributed by atoms with Gasteiger partial charge >= 0.3 is 0 Å². The van der Waals surface area contributed by atoms with Gasteiger partial charge in [0.05, 0.1) is 16.0 Å². The van der Waals surface area contributed by atoms with E-state index in [1.54, 1.807) is 23.0 Å². The topological polar surface area (TPSA) is 108 Å². The van der Waals surface area contributed by atoms with Gasteiger partial charge in [-0.1, -0.05) is 27.2 Å². The van der Waals surface area contributed by atoms with E-state index in [0.717, 1.165) is 37.2 Å². The Bertz CT molecular complexity index is 1440. The first-order valence-electron chi connectivity index (χ1n) is 11.5. The Balaban J connectivity index is 1.56. The fourth-order valence-electron chi connectivity index (χ4n) is 4.19. The number of carbonyl (C=O) groups is 1. The number of carbonyl (C=O) groups excluding carboxylic acids is 1. The van der Waals surface area contributed by atoms with Crippen LogP contribution < -0.4 is 10.9 Å². The number of anilines is 1. The van der Waals surface area contributed by atoms with Gasteiger partial charge in [-0.2, -0.15) is 9.78 Å². The molecular weight excluding hydrogens is 450 g/mol. The zero-order chi connectivity index (χ0) is 24.0. The first kappa shape index (κ1) is 22.4. The third-order valence-corrected chi connectivity index (χ3v) is 7.26. The van der Waals surface area contributed by atoms with Crippen LogP contribution in [0.1, 0.15) is 66.8 Å². The van der Waals surface area contributed by atoms with Crippen molar-refractivity contribution in [3.8, 4) is 5.95 Å². The maximum Gasteiger partial charge on any atom is 0.267 e. The van der Waals surface area contributed by atoms with Crippen LogP contribution in [0.3, 0.4) is 0 Å². The van der Waals surface area contributed by atoms with Crippen LogP contribution in [0.2, 0.25) is 0 Å². The number of aromatic nitrogens is 6. The summed E-state index contributed by atoms with van der Waals surface area (Å²) in [6.07, 6.45) is 7.14. The molecular formula is C24H27N7O2S. The molecule has 0 fully saturated rings. The minimum absolute atomic E-state index is 0.0487. The molecule has 0 bridgehead atoms. The molecule has 9 nitrogen and oxygen atoms in total. The maximum absolute atomic E-state index is 13.4. The zero-order valence-electron chi connectivity index (χ0n) is 19.8. The van der Waals surface area contributed by atoms with E-state index in [4.69, 9.17) is 4.98 Å².